The van der Waals surface area contributed by atoms with Gasteiger partial charge in [-0.25, -0.2) is 9.98 Å². The summed E-state index contributed by atoms with van der Waals surface area (Å²) in [5, 5.41) is 32.5. The number of halogens is 1. The highest BCUT2D eigenvalue weighted by Gasteiger charge is 2.23. The minimum atomic E-state index is -0.903. The predicted octanol–water partition coefficient (Wildman–Crippen LogP) is 4.63. The number of imidazole rings is 1. The quantitative estimate of drug-likeness (QED) is 0.253. The van der Waals surface area contributed by atoms with Gasteiger partial charge < -0.3 is 9.52 Å². The van der Waals surface area contributed by atoms with Gasteiger partial charge in [-0.05, 0) is 40.2 Å². The van der Waals surface area contributed by atoms with E-state index >= 15 is 0 Å². The number of phenols is 1. The Bertz CT molecular complexity index is 1330. The number of aliphatic imine (C=N–C) groups is 1. The molecule has 30 heavy (non-hydrogen) atoms. The zero-order valence-corrected chi connectivity index (χ0v) is 16.4. The first-order chi connectivity index (χ1) is 14.3. The molecule has 0 bridgehead atoms. The van der Waals surface area contributed by atoms with Crippen LogP contribution in [0.25, 0.3) is 17.1 Å². The number of nitrogens with zero attached hydrogens (tertiary/aromatic N) is 5. The summed E-state index contributed by atoms with van der Waals surface area (Å²) in [6.07, 6.45) is 4.28. The Labute approximate surface area is 175 Å². The highest BCUT2D eigenvalue weighted by atomic mass is 79.9. The molecule has 4 rings (SSSR count). The highest BCUT2D eigenvalue weighted by molar-refractivity contribution is 9.10. The molecule has 0 aliphatic rings. The fourth-order valence-corrected chi connectivity index (χ4v) is 3.14. The second-order valence-electron chi connectivity index (χ2n) is 6.01. The van der Waals surface area contributed by atoms with Crippen LogP contribution in [-0.2, 0) is 0 Å². The molecule has 0 amide bonds. The van der Waals surface area contributed by atoms with E-state index in [1.165, 1.54) is 6.26 Å². The van der Waals surface area contributed by atoms with E-state index in [4.69, 9.17) is 4.42 Å². The van der Waals surface area contributed by atoms with Crippen molar-refractivity contribution in [1.82, 2.24) is 9.38 Å². The van der Waals surface area contributed by atoms with Gasteiger partial charge in [0.1, 0.15) is 5.65 Å². The largest absolute Gasteiger partial charge is 0.502 e. The van der Waals surface area contributed by atoms with Crippen molar-refractivity contribution >= 4 is 45.0 Å². The van der Waals surface area contributed by atoms with Crippen molar-refractivity contribution in [3.63, 3.8) is 0 Å². The third kappa shape index (κ3) is 3.39. The first kappa shape index (κ1) is 19.3. The van der Waals surface area contributed by atoms with Gasteiger partial charge in [0.2, 0.25) is 5.75 Å². The lowest BCUT2D eigenvalue weighted by molar-refractivity contribution is -0.394. The van der Waals surface area contributed by atoms with Gasteiger partial charge in [0.15, 0.2) is 17.3 Å². The molecule has 3 heterocycles. The maximum Gasteiger partial charge on any atom is 0.318 e. The van der Waals surface area contributed by atoms with E-state index < -0.39 is 27.0 Å². The third-order valence-electron chi connectivity index (χ3n) is 4.15. The minimum absolute atomic E-state index is 0.189. The van der Waals surface area contributed by atoms with Crippen LogP contribution in [0.5, 0.6) is 5.75 Å². The number of fused-ring (bicyclic) bond motifs is 1. The molecule has 0 aliphatic heterocycles. The number of non-ortho nitro benzene ring substituents is 1. The number of nitro groups is 2. The molecule has 0 spiro atoms. The molecular weight excluding hydrogens is 462 g/mol. The Kier molecular flexibility index (Phi) is 4.75. The average Bonchev–Trinajstić information content (AvgIpc) is 3.34. The van der Waals surface area contributed by atoms with Crippen LogP contribution in [0.2, 0.25) is 0 Å². The van der Waals surface area contributed by atoms with Crippen LogP contribution in [0, 0.1) is 20.2 Å². The van der Waals surface area contributed by atoms with Crippen LogP contribution in [0.1, 0.15) is 5.56 Å². The molecular formula is C18H10BrN5O6. The van der Waals surface area contributed by atoms with Gasteiger partial charge in [0.25, 0.3) is 5.69 Å². The van der Waals surface area contributed by atoms with E-state index in [1.807, 2.05) is 0 Å². The number of phenolic OH excluding ortho intramolecular Hbond substituents is 1. The normalized spacial score (nSPS) is 11.4. The van der Waals surface area contributed by atoms with Crippen LogP contribution in [0.4, 0.5) is 17.2 Å². The van der Waals surface area contributed by atoms with Crippen molar-refractivity contribution in [2.75, 3.05) is 0 Å². The van der Waals surface area contributed by atoms with Crippen LogP contribution in [0.15, 0.2) is 62.7 Å². The molecule has 0 radical (unpaired) electrons. The fraction of sp³-hybridized carbons (Fsp3) is 0. The lowest BCUT2D eigenvalue weighted by Gasteiger charge is -2.02. The lowest BCUT2D eigenvalue weighted by atomic mass is 10.1. The number of aromatic hydroxyl groups is 1. The smallest absolute Gasteiger partial charge is 0.318 e. The molecule has 1 N–H and O–H groups in total. The van der Waals surface area contributed by atoms with Crippen molar-refractivity contribution in [1.29, 1.82) is 0 Å². The molecule has 0 saturated heterocycles. The Hall–Kier alpha value is -4.06. The Morgan fingerprint density at radius 2 is 2.00 bits per heavy atom. The number of furan rings is 1. The Balaban J connectivity index is 1.91. The van der Waals surface area contributed by atoms with E-state index in [2.05, 4.69) is 25.9 Å². The summed E-state index contributed by atoms with van der Waals surface area (Å²) >= 11 is 3.37. The zero-order chi connectivity index (χ0) is 21.4. The van der Waals surface area contributed by atoms with Crippen molar-refractivity contribution in [2.24, 2.45) is 4.99 Å². The highest BCUT2D eigenvalue weighted by Crippen LogP contribution is 2.35. The van der Waals surface area contributed by atoms with E-state index in [0.29, 0.717) is 29.0 Å². The molecule has 12 heteroatoms. The van der Waals surface area contributed by atoms with Crippen LogP contribution in [-0.4, -0.2) is 30.6 Å². The van der Waals surface area contributed by atoms with Gasteiger partial charge in [-0.15, -0.1) is 0 Å². The number of hydrogen-bond acceptors (Lipinski definition) is 8. The summed E-state index contributed by atoms with van der Waals surface area (Å²) < 4.78 is 7.79. The van der Waals surface area contributed by atoms with Gasteiger partial charge in [-0.2, -0.15) is 0 Å². The summed E-state index contributed by atoms with van der Waals surface area (Å²) in [6.45, 7) is 0. The van der Waals surface area contributed by atoms with E-state index in [1.54, 1.807) is 34.9 Å². The first-order valence-electron chi connectivity index (χ1n) is 8.26. The van der Waals surface area contributed by atoms with Crippen LogP contribution in [0.3, 0.4) is 0 Å². The number of benzene rings is 1. The Morgan fingerprint density at radius 3 is 2.67 bits per heavy atom. The molecule has 0 aliphatic carbocycles. The molecule has 0 fully saturated rings. The summed E-state index contributed by atoms with van der Waals surface area (Å²) in [5.41, 5.74) is -0.600. The van der Waals surface area contributed by atoms with E-state index in [9.17, 15) is 25.3 Å². The molecule has 11 nitrogen and oxygen atoms in total. The Morgan fingerprint density at radius 1 is 1.20 bits per heavy atom. The number of hydrogen-bond donors (Lipinski definition) is 1. The summed E-state index contributed by atoms with van der Waals surface area (Å²) in [7, 11) is 0. The molecule has 0 saturated carbocycles. The van der Waals surface area contributed by atoms with Gasteiger partial charge in [0.05, 0.1) is 22.2 Å². The van der Waals surface area contributed by atoms with Gasteiger partial charge in [-0.1, -0.05) is 0 Å². The summed E-state index contributed by atoms with van der Waals surface area (Å²) in [5.74, 6) is -0.00470. The second kappa shape index (κ2) is 7.40. The summed E-state index contributed by atoms with van der Waals surface area (Å²) in [4.78, 5) is 29.4. The number of rotatable bonds is 5. The zero-order valence-electron chi connectivity index (χ0n) is 14.8. The molecule has 0 atom stereocenters. The topological polar surface area (TPSA) is 149 Å². The number of aromatic nitrogens is 2. The summed E-state index contributed by atoms with van der Waals surface area (Å²) in [6, 6.07) is 8.58. The first-order valence-corrected chi connectivity index (χ1v) is 9.06. The fourth-order valence-electron chi connectivity index (χ4n) is 2.81. The standard InChI is InChI=1S/C18H10BrN5O6/c19-11-3-4-15-21-16(14-2-1-5-30-14)18(22(15)9-11)20-8-10-6-12(23(26)27)7-13(17(10)25)24(28)29/h1-9,25H. The van der Waals surface area contributed by atoms with Gasteiger partial charge in [-0.3, -0.25) is 24.6 Å². The third-order valence-corrected chi connectivity index (χ3v) is 4.62. The number of nitro benzene ring substituents is 2. The SMILES string of the molecule is O=[N+]([O-])c1cc(C=Nc2c(-c3ccco3)nc3ccc(Br)cn23)c(O)c([N+](=O)[O-])c1. The van der Waals surface area contributed by atoms with E-state index in [-0.39, 0.29) is 5.56 Å². The maximum atomic E-state index is 11.2. The second-order valence-corrected chi connectivity index (χ2v) is 6.93. The van der Waals surface area contributed by atoms with Crippen LogP contribution >= 0.6 is 15.9 Å². The monoisotopic (exact) mass is 471 g/mol. The average molecular weight is 472 g/mol. The molecule has 3 aromatic heterocycles. The van der Waals surface area contributed by atoms with Gasteiger partial charge >= 0.3 is 5.69 Å². The number of pyridine rings is 1. The maximum absolute atomic E-state index is 11.2. The minimum Gasteiger partial charge on any atom is -0.502 e. The lowest BCUT2D eigenvalue weighted by Crippen LogP contribution is -1.96. The van der Waals surface area contributed by atoms with Crippen molar-refractivity contribution in [3.8, 4) is 17.2 Å². The van der Waals surface area contributed by atoms with Crippen molar-refractivity contribution in [3.05, 3.63) is 79.1 Å². The van der Waals surface area contributed by atoms with Gasteiger partial charge in [0, 0.05) is 28.5 Å². The van der Waals surface area contributed by atoms with Crippen molar-refractivity contribution in [2.45, 2.75) is 0 Å². The van der Waals surface area contributed by atoms with Crippen LogP contribution < -0.4 is 0 Å². The predicted molar refractivity (Wildman–Crippen MR) is 109 cm³/mol. The molecule has 1 aromatic carbocycles. The molecule has 150 valence electrons. The van der Waals surface area contributed by atoms with Crippen molar-refractivity contribution < 1.29 is 19.4 Å². The van der Waals surface area contributed by atoms with E-state index in [0.717, 1.165) is 16.8 Å². The molecule has 0 unspecified atom stereocenters. The molecule has 4 aromatic rings.